The third kappa shape index (κ3) is 4.08. The van der Waals surface area contributed by atoms with E-state index < -0.39 is 5.97 Å². The van der Waals surface area contributed by atoms with Crippen molar-refractivity contribution in [3.8, 4) is 0 Å². The van der Waals surface area contributed by atoms with Gasteiger partial charge in [-0.1, -0.05) is 25.7 Å². The monoisotopic (exact) mass is 274 g/mol. The molecule has 0 spiro atoms. The van der Waals surface area contributed by atoms with Crippen molar-refractivity contribution in [2.75, 3.05) is 11.9 Å². The van der Waals surface area contributed by atoms with E-state index in [2.05, 4.69) is 16.9 Å². The average Bonchev–Trinajstić information content (AvgIpc) is 2.74. The molecule has 0 atom stereocenters. The van der Waals surface area contributed by atoms with E-state index in [0.29, 0.717) is 6.04 Å². The second kappa shape index (κ2) is 7.08. The maximum absolute atomic E-state index is 10.5. The van der Waals surface area contributed by atoms with Crippen LogP contribution in [0.25, 0.3) is 6.08 Å². The lowest BCUT2D eigenvalue weighted by molar-refractivity contribution is -0.131. The summed E-state index contributed by atoms with van der Waals surface area (Å²) >= 11 is 0. The van der Waals surface area contributed by atoms with E-state index in [0.717, 1.165) is 17.5 Å². The summed E-state index contributed by atoms with van der Waals surface area (Å²) in [6.07, 6.45) is 12.2. The maximum atomic E-state index is 10.5. The SMILES string of the molecule is CN(c1ccc(/C=C/C(=O)O)cn1)C1CCCCCC1. The number of hydrogen-bond acceptors (Lipinski definition) is 3. The van der Waals surface area contributed by atoms with Crippen LogP contribution in [-0.2, 0) is 4.79 Å². The van der Waals surface area contributed by atoms with E-state index >= 15 is 0 Å². The first-order valence-electron chi connectivity index (χ1n) is 7.27. The molecule has 4 heteroatoms. The normalized spacial score (nSPS) is 17.1. The van der Waals surface area contributed by atoms with Gasteiger partial charge < -0.3 is 10.0 Å². The zero-order valence-electron chi connectivity index (χ0n) is 12.0. The van der Waals surface area contributed by atoms with Gasteiger partial charge in [0, 0.05) is 25.4 Å². The number of anilines is 1. The minimum atomic E-state index is -0.940. The number of aliphatic carboxylic acids is 1. The number of pyridine rings is 1. The van der Waals surface area contributed by atoms with Crippen molar-refractivity contribution >= 4 is 17.9 Å². The third-order valence-corrected chi connectivity index (χ3v) is 3.92. The Labute approximate surface area is 120 Å². The third-order valence-electron chi connectivity index (χ3n) is 3.92. The molecule has 4 nitrogen and oxygen atoms in total. The fourth-order valence-electron chi connectivity index (χ4n) is 2.70. The van der Waals surface area contributed by atoms with E-state index in [9.17, 15) is 4.79 Å². The van der Waals surface area contributed by atoms with Gasteiger partial charge in [-0.05, 0) is 36.6 Å². The van der Waals surface area contributed by atoms with Gasteiger partial charge >= 0.3 is 5.97 Å². The number of hydrogen-bond donors (Lipinski definition) is 1. The fraction of sp³-hybridized carbons (Fsp3) is 0.500. The second-order valence-corrected chi connectivity index (χ2v) is 5.38. The Kier molecular flexibility index (Phi) is 5.16. The van der Waals surface area contributed by atoms with Gasteiger partial charge in [-0.15, -0.1) is 0 Å². The van der Waals surface area contributed by atoms with Gasteiger partial charge in [0.05, 0.1) is 0 Å². The number of rotatable bonds is 4. The quantitative estimate of drug-likeness (QED) is 0.676. The predicted octanol–water partition coefficient (Wildman–Crippen LogP) is 3.34. The molecule has 0 saturated heterocycles. The highest BCUT2D eigenvalue weighted by Crippen LogP contribution is 2.24. The van der Waals surface area contributed by atoms with Crippen LogP contribution in [0, 0.1) is 0 Å². The summed E-state index contributed by atoms with van der Waals surface area (Å²) in [5.74, 6) is 0.0222. The minimum absolute atomic E-state index is 0.574. The standard InChI is InChI=1S/C16H22N2O2/c1-18(14-6-4-2-3-5-7-14)15-10-8-13(12-17-15)9-11-16(19)20/h8-12,14H,2-7H2,1H3,(H,19,20)/b11-9+. The fourth-order valence-corrected chi connectivity index (χ4v) is 2.70. The smallest absolute Gasteiger partial charge is 0.328 e. The largest absolute Gasteiger partial charge is 0.478 e. The highest BCUT2D eigenvalue weighted by Gasteiger charge is 2.17. The highest BCUT2D eigenvalue weighted by atomic mass is 16.4. The van der Waals surface area contributed by atoms with Crippen molar-refractivity contribution in [1.82, 2.24) is 4.98 Å². The molecule has 0 bridgehead atoms. The van der Waals surface area contributed by atoms with Gasteiger partial charge in [-0.2, -0.15) is 0 Å². The molecular weight excluding hydrogens is 252 g/mol. The molecule has 1 aliphatic carbocycles. The molecule has 0 aromatic carbocycles. The van der Waals surface area contributed by atoms with Crippen molar-refractivity contribution < 1.29 is 9.90 Å². The number of nitrogens with zero attached hydrogens (tertiary/aromatic N) is 2. The molecular formula is C16H22N2O2. The number of carbonyl (C=O) groups is 1. The molecule has 20 heavy (non-hydrogen) atoms. The van der Waals surface area contributed by atoms with Crippen LogP contribution < -0.4 is 4.90 Å². The first-order chi connectivity index (χ1) is 9.66. The Morgan fingerprint density at radius 3 is 2.55 bits per heavy atom. The lowest BCUT2D eigenvalue weighted by atomic mass is 10.1. The summed E-state index contributed by atoms with van der Waals surface area (Å²) in [6.45, 7) is 0. The van der Waals surface area contributed by atoms with Gasteiger partial charge in [0.25, 0.3) is 0 Å². The van der Waals surface area contributed by atoms with Crippen molar-refractivity contribution in [2.45, 2.75) is 44.6 Å². The summed E-state index contributed by atoms with van der Waals surface area (Å²) < 4.78 is 0. The molecule has 1 heterocycles. The summed E-state index contributed by atoms with van der Waals surface area (Å²) in [6, 6.07) is 4.45. The Balaban J connectivity index is 2.02. The lowest BCUT2D eigenvalue weighted by Gasteiger charge is -2.28. The highest BCUT2D eigenvalue weighted by molar-refractivity contribution is 5.85. The Hall–Kier alpha value is -1.84. The number of carboxylic acids is 1. The van der Waals surface area contributed by atoms with Crippen LogP contribution in [-0.4, -0.2) is 29.1 Å². The predicted molar refractivity (Wildman–Crippen MR) is 80.8 cm³/mol. The Morgan fingerprint density at radius 1 is 1.30 bits per heavy atom. The summed E-state index contributed by atoms with van der Waals surface area (Å²) in [5.41, 5.74) is 0.811. The van der Waals surface area contributed by atoms with E-state index in [1.165, 1.54) is 38.5 Å². The van der Waals surface area contributed by atoms with Crippen molar-refractivity contribution in [1.29, 1.82) is 0 Å². The molecule has 1 fully saturated rings. The van der Waals surface area contributed by atoms with Crippen molar-refractivity contribution in [3.05, 3.63) is 30.0 Å². The van der Waals surface area contributed by atoms with Crippen molar-refractivity contribution in [2.24, 2.45) is 0 Å². The molecule has 1 aromatic rings. The average molecular weight is 274 g/mol. The topological polar surface area (TPSA) is 53.4 Å². The van der Waals surface area contributed by atoms with E-state index in [1.807, 2.05) is 12.1 Å². The van der Waals surface area contributed by atoms with Gasteiger partial charge in [0.1, 0.15) is 5.82 Å². The minimum Gasteiger partial charge on any atom is -0.478 e. The van der Waals surface area contributed by atoms with Crippen LogP contribution in [0.2, 0.25) is 0 Å². The molecule has 0 unspecified atom stereocenters. The summed E-state index contributed by atoms with van der Waals surface area (Å²) in [5, 5.41) is 8.60. The molecule has 0 amide bonds. The zero-order chi connectivity index (χ0) is 14.4. The van der Waals surface area contributed by atoms with Gasteiger partial charge in [0.2, 0.25) is 0 Å². The molecule has 2 rings (SSSR count). The first-order valence-corrected chi connectivity index (χ1v) is 7.27. The van der Waals surface area contributed by atoms with Crippen LogP contribution >= 0.6 is 0 Å². The molecule has 1 N–H and O–H groups in total. The van der Waals surface area contributed by atoms with E-state index in [4.69, 9.17) is 5.11 Å². The van der Waals surface area contributed by atoms with Gasteiger partial charge in [-0.25, -0.2) is 9.78 Å². The van der Waals surface area contributed by atoms with Crippen LogP contribution in [0.4, 0.5) is 5.82 Å². The number of aromatic nitrogens is 1. The van der Waals surface area contributed by atoms with Gasteiger partial charge in [-0.3, -0.25) is 0 Å². The maximum Gasteiger partial charge on any atom is 0.328 e. The molecule has 0 aliphatic heterocycles. The van der Waals surface area contributed by atoms with Crippen LogP contribution in [0.1, 0.15) is 44.1 Å². The number of carboxylic acid groups (broad SMARTS) is 1. The lowest BCUT2D eigenvalue weighted by Crippen LogP contribution is -2.31. The Bertz CT molecular complexity index is 460. The molecule has 0 radical (unpaired) electrons. The molecule has 1 aromatic heterocycles. The van der Waals surface area contributed by atoms with Crippen LogP contribution in [0.15, 0.2) is 24.4 Å². The van der Waals surface area contributed by atoms with Crippen LogP contribution in [0.3, 0.4) is 0 Å². The summed E-state index contributed by atoms with van der Waals surface area (Å²) in [7, 11) is 2.10. The molecule has 108 valence electrons. The van der Waals surface area contributed by atoms with E-state index in [-0.39, 0.29) is 0 Å². The van der Waals surface area contributed by atoms with E-state index in [1.54, 1.807) is 12.3 Å². The molecule has 1 saturated carbocycles. The van der Waals surface area contributed by atoms with Crippen molar-refractivity contribution in [3.63, 3.8) is 0 Å². The molecule has 1 aliphatic rings. The summed E-state index contributed by atoms with van der Waals surface area (Å²) in [4.78, 5) is 17.2. The Morgan fingerprint density at radius 2 is 2.00 bits per heavy atom. The second-order valence-electron chi connectivity index (χ2n) is 5.38. The zero-order valence-corrected chi connectivity index (χ0v) is 12.0. The van der Waals surface area contributed by atoms with Gasteiger partial charge in [0.15, 0.2) is 0 Å². The first kappa shape index (κ1) is 14.6. The van der Waals surface area contributed by atoms with Crippen LogP contribution in [0.5, 0.6) is 0 Å².